The van der Waals surface area contributed by atoms with E-state index in [4.69, 9.17) is 11.6 Å². The third kappa shape index (κ3) is 5.49. The van der Waals surface area contributed by atoms with Gasteiger partial charge in [0.2, 0.25) is 0 Å². The molecule has 1 heterocycles. The summed E-state index contributed by atoms with van der Waals surface area (Å²) in [5.74, 6) is -0.247. The molecule has 1 amide bonds. The maximum Gasteiger partial charge on any atom is 0.261 e. The zero-order chi connectivity index (χ0) is 23.4. The van der Waals surface area contributed by atoms with Crippen LogP contribution in [0.1, 0.15) is 35.2 Å². The van der Waals surface area contributed by atoms with Crippen molar-refractivity contribution < 1.29 is 13.2 Å². The highest BCUT2D eigenvalue weighted by Gasteiger charge is 2.17. The first-order chi connectivity index (χ1) is 15.8. The van der Waals surface area contributed by atoms with Crippen molar-refractivity contribution >= 4 is 44.6 Å². The Labute approximate surface area is 199 Å². The van der Waals surface area contributed by atoms with E-state index in [0.29, 0.717) is 27.5 Å². The lowest BCUT2D eigenvalue weighted by molar-refractivity contribution is 0.102. The van der Waals surface area contributed by atoms with Crippen molar-refractivity contribution in [3.8, 4) is 0 Å². The fourth-order valence-electron chi connectivity index (χ4n) is 3.82. The first-order valence-corrected chi connectivity index (χ1v) is 12.7. The molecule has 0 aromatic heterocycles. The van der Waals surface area contributed by atoms with Crippen molar-refractivity contribution in [1.29, 1.82) is 0 Å². The number of amides is 1. The predicted molar refractivity (Wildman–Crippen MR) is 134 cm³/mol. The number of sulfonamides is 1. The van der Waals surface area contributed by atoms with Crippen LogP contribution < -0.4 is 14.9 Å². The largest absolute Gasteiger partial charge is 0.372 e. The van der Waals surface area contributed by atoms with Crippen LogP contribution in [0.15, 0.2) is 71.6 Å². The van der Waals surface area contributed by atoms with E-state index in [1.807, 2.05) is 24.3 Å². The summed E-state index contributed by atoms with van der Waals surface area (Å²) in [6, 6.07) is 18.7. The van der Waals surface area contributed by atoms with Gasteiger partial charge in [-0.1, -0.05) is 17.7 Å². The fourth-order valence-corrected chi connectivity index (χ4v) is 5.12. The molecule has 4 rings (SSSR count). The van der Waals surface area contributed by atoms with E-state index >= 15 is 0 Å². The molecule has 33 heavy (non-hydrogen) atoms. The van der Waals surface area contributed by atoms with Gasteiger partial charge in [-0.15, -0.1) is 0 Å². The van der Waals surface area contributed by atoms with Crippen molar-refractivity contribution in [1.82, 2.24) is 0 Å². The molecule has 6 nitrogen and oxygen atoms in total. The van der Waals surface area contributed by atoms with Crippen LogP contribution in [-0.2, 0) is 10.0 Å². The predicted octanol–water partition coefficient (Wildman–Crippen LogP) is 5.69. The number of rotatable bonds is 6. The normalized spacial score (nSPS) is 14.1. The highest BCUT2D eigenvalue weighted by Crippen LogP contribution is 2.26. The second-order valence-corrected chi connectivity index (χ2v) is 10.2. The van der Waals surface area contributed by atoms with Crippen molar-refractivity contribution in [2.45, 2.75) is 31.1 Å². The van der Waals surface area contributed by atoms with Gasteiger partial charge in [0.15, 0.2) is 0 Å². The lowest BCUT2D eigenvalue weighted by atomic mass is 10.1. The second-order valence-electron chi connectivity index (χ2n) is 8.09. The molecule has 8 heteroatoms. The van der Waals surface area contributed by atoms with E-state index in [0.717, 1.165) is 18.8 Å². The Bertz CT molecular complexity index is 1240. The van der Waals surface area contributed by atoms with E-state index in [9.17, 15) is 13.2 Å². The number of benzene rings is 3. The Morgan fingerprint density at radius 2 is 1.58 bits per heavy atom. The van der Waals surface area contributed by atoms with E-state index in [1.54, 1.807) is 37.3 Å². The van der Waals surface area contributed by atoms with Gasteiger partial charge in [-0.3, -0.25) is 9.52 Å². The SMILES string of the molecule is Cc1c(Cl)cccc1NS(=O)(=O)c1ccc(NC(=O)c2ccc(N3CCCCC3)cc2)cc1. The lowest BCUT2D eigenvalue weighted by Crippen LogP contribution is -2.29. The molecule has 1 aliphatic heterocycles. The van der Waals surface area contributed by atoms with Crippen molar-refractivity contribution in [3.63, 3.8) is 0 Å². The number of carbonyl (C=O) groups excluding carboxylic acids is 1. The standard InChI is InChI=1S/C25H26ClN3O3S/c1-18-23(26)6-5-7-24(18)28-33(31,32)22-14-10-20(11-15-22)27-25(30)19-8-12-21(13-9-19)29-16-3-2-4-17-29/h5-15,28H,2-4,16-17H2,1H3,(H,27,30). The number of hydrogen-bond acceptors (Lipinski definition) is 4. The molecule has 0 radical (unpaired) electrons. The van der Waals surface area contributed by atoms with Crippen molar-refractivity contribution in [2.75, 3.05) is 28.0 Å². The summed E-state index contributed by atoms with van der Waals surface area (Å²) >= 11 is 6.08. The van der Waals surface area contributed by atoms with Crippen LogP contribution in [0.25, 0.3) is 0 Å². The molecule has 1 saturated heterocycles. The Balaban J connectivity index is 1.41. The lowest BCUT2D eigenvalue weighted by Gasteiger charge is -2.28. The molecule has 172 valence electrons. The number of piperidine rings is 1. The van der Waals surface area contributed by atoms with Crippen LogP contribution in [0.4, 0.5) is 17.1 Å². The summed E-state index contributed by atoms with van der Waals surface area (Å²) in [5.41, 5.74) is 3.26. The zero-order valence-corrected chi connectivity index (χ0v) is 19.9. The second kappa shape index (κ2) is 9.85. The molecule has 0 bridgehead atoms. The first kappa shape index (κ1) is 23.1. The molecule has 3 aromatic rings. The van der Waals surface area contributed by atoms with E-state index < -0.39 is 10.0 Å². The van der Waals surface area contributed by atoms with Crippen molar-refractivity contribution in [3.05, 3.63) is 82.9 Å². The molecular formula is C25H26ClN3O3S. The minimum Gasteiger partial charge on any atom is -0.372 e. The summed E-state index contributed by atoms with van der Waals surface area (Å²) in [6.45, 7) is 3.84. The first-order valence-electron chi connectivity index (χ1n) is 10.9. The van der Waals surface area contributed by atoms with Crippen LogP contribution in [0.2, 0.25) is 5.02 Å². The van der Waals surface area contributed by atoms with Gasteiger partial charge in [0.05, 0.1) is 10.6 Å². The Morgan fingerprint density at radius 1 is 0.909 bits per heavy atom. The smallest absolute Gasteiger partial charge is 0.261 e. The number of anilines is 3. The van der Waals surface area contributed by atoms with Gasteiger partial charge in [-0.2, -0.15) is 0 Å². The number of carbonyl (C=O) groups is 1. The molecule has 2 N–H and O–H groups in total. The average molecular weight is 484 g/mol. The Kier molecular flexibility index (Phi) is 6.91. The average Bonchev–Trinajstić information content (AvgIpc) is 2.83. The summed E-state index contributed by atoms with van der Waals surface area (Å²) in [7, 11) is -3.79. The molecule has 3 aromatic carbocycles. The number of halogens is 1. The van der Waals surface area contributed by atoms with Gasteiger partial charge >= 0.3 is 0 Å². The van der Waals surface area contributed by atoms with Crippen LogP contribution in [0, 0.1) is 6.92 Å². The minimum atomic E-state index is -3.79. The third-order valence-corrected chi connectivity index (χ3v) is 7.58. The molecule has 1 aliphatic rings. The van der Waals surface area contributed by atoms with Gasteiger partial charge in [-0.05, 0) is 92.4 Å². The van der Waals surface area contributed by atoms with Gasteiger partial charge in [-0.25, -0.2) is 8.42 Å². The molecular weight excluding hydrogens is 458 g/mol. The summed E-state index contributed by atoms with van der Waals surface area (Å²) in [5, 5.41) is 3.30. The van der Waals surface area contributed by atoms with Crippen LogP contribution >= 0.6 is 11.6 Å². The molecule has 0 aliphatic carbocycles. The third-order valence-electron chi connectivity index (χ3n) is 5.79. The van der Waals surface area contributed by atoms with Gasteiger partial charge in [0, 0.05) is 35.1 Å². The molecule has 0 unspecified atom stereocenters. The molecule has 0 atom stereocenters. The number of hydrogen-bond donors (Lipinski definition) is 2. The minimum absolute atomic E-state index is 0.0887. The highest BCUT2D eigenvalue weighted by atomic mass is 35.5. The van der Waals surface area contributed by atoms with Crippen molar-refractivity contribution in [2.24, 2.45) is 0 Å². The molecule has 1 fully saturated rings. The topological polar surface area (TPSA) is 78.5 Å². The number of nitrogens with zero attached hydrogens (tertiary/aromatic N) is 1. The quantitative estimate of drug-likeness (QED) is 0.472. The molecule has 0 spiro atoms. The van der Waals surface area contributed by atoms with E-state index in [1.165, 1.54) is 31.4 Å². The maximum absolute atomic E-state index is 12.7. The summed E-state index contributed by atoms with van der Waals surface area (Å²) in [4.78, 5) is 15.1. The van der Waals surface area contributed by atoms with Crippen LogP contribution in [0.5, 0.6) is 0 Å². The summed E-state index contributed by atoms with van der Waals surface area (Å²) in [6.07, 6.45) is 3.66. The number of nitrogens with one attached hydrogen (secondary N) is 2. The fraction of sp³-hybridized carbons (Fsp3) is 0.240. The van der Waals surface area contributed by atoms with Gasteiger partial charge < -0.3 is 10.2 Å². The molecule has 0 saturated carbocycles. The van der Waals surface area contributed by atoms with Crippen LogP contribution in [-0.4, -0.2) is 27.4 Å². The Morgan fingerprint density at radius 3 is 2.24 bits per heavy atom. The summed E-state index contributed by atoms with van der Waals surface area (Å²) < 4.78 is 28.0. The van der Waals surface area contributed by atoms with E-state index in [-0.39, 0.29) is 10.8 Å². The van der Waals surface area contributed by atoms with Gasteiger partial charge in [0.25, 0.3) is 15.9 Å². The van der Waals surface area contributed by atoms with E-state index in [2.05, 4.69) is 14.9 Å². The zero-order valence-electron chi connectivity index (χ0n) is 18.3. The highest BCUT2D eigenvalue weighted by molar-refractivity contribution is 7.92. The van der Waals surface area contributed by atoms with Gasteiger partial charge in [0.1, 0.15) is 0 Å². The van der Waals surface area contributed by atoms with Crippen LogP contribution in [0.3, 0.4) is 0 Å². The Hall–Kier alpha value is -3.03. The maximum atomic E-state index is 12.7. The monoisotopic (exact) mass is 483 g/mol.